The summed E-state index contributed by atoms with van der Waals surface area (Å²) in [4.78, 5) is 12.9. The van der Waals surface area contributed by atoms with Gasteiger partial charge in [-0.25, -0.2) is 9.18 Å². The summed E-state index contributed by atoms with van der Waals surface area (Å²) in [7, 11) is 0. The van der Waals surface area contributed by atoms with E-state index in [1.807, 2.05) is 0 Å². The lowest BCUT2D eigenvalue weighted by molar-refractivity contribution is -0.0494. The van der Waals surface area contributed by atoms with Gasteiger partial charge in [-0.05, 0) is 12.1 Å². The maximum Gasteiger partial charge on any atom is 0.387 e. The van der Waals surface area contributed by atoms with Crippen LogP contribution in [-0.2, 0) is 4.79 Å². The lowest BCUT2D eigenvalue weighted by atomic mass is 10.3. The molecule has 0 saturated heterocycles. The van der Waals surface area contributed by atoms with E-state index in [-0.39, 0.29) is 11.4 Å². The van der Waals surface area contributed by atoms with Crippen LogP contribution in [0.4, 0.5) is 18.9 Å². The number of alkyl halides is 2. The minimum Gasteiger partial charge on any atom is -0.432 e. The molecule has 0 aromatic heterocycles. The summed E-state index contributed by atoms with van der Waals surface area (Å²) >= 11 is 0. The average molecular weight is 203 g/mol. The molecule has 0 amide bonds. The fraction of sp³-hybridized carbons (Fsp3) is 0.125. The maximum absolute atomic E-state index is 12.6. The number of nitrogens with zero attached hydrogens (tertiary/aromatic N) is 1. The highest BCUT2D eigenvalue weighted by Gasteiger charge is 2.09. The first-order chi connectivity index (χ1) is 6.63. The molecule has 0 fully saturated rings. The Morgan fingerprint density at radius 2 is 2.14 bits per heavy atom. The molecule has 3 nitrogen and oxygen atoms in total. The molecule has 0 N–H and O–H groups in total. The van der Waals surface area contributed by atoms with E-state index in [1.165, 1.54) is 0 Å². The van der Waals surface area contributed by atoms with Crippen LogP contribution in [-0.4, -0.2) is 12.7 Å². The molecule has 0 saturated carbocycles. The normalized spacial score (nSPS) is 9.71. The number of hydrogen-bond donors (Lipinski definition) is 0. The zero-order valence-corrected chi connectivity index (χ0v) is 6.71. The number of hydrogen-bond acceptors (Lipinski definition) is 3. The van der Waals surface area contributed by atoms with E-state index in [0.29, 0.717) is 0 Å². The highest BCUT2D eigenvalue weighted by Crippen LogP contribution is 2.28. The highest BCUT2D eigenvalue weighted by molar-refractivity contribution is 5.57. The number of rotatable bonds is 3. The molecule has 74 valence electrons. The van der Waals surface area contributed by atoms with Crippen molar-refractivity contribution in [3.63, 3.8) is 0 Å². The van der Waals surface area contributed by atoms with E-state index in [2.05, 4.69) is 9.73 Å². The number of ether oxygens (including phenoxy) is 1. The largest absolute Gasteiger partial charge is 0.432 e. The van der Waals surface area contributed by atoms with Gasteiger partial charge in [0.05, 0.1) is 0 Å². The Kier molecular flexibility index (Phi) is 3.25. The molecule has 1 aromatic carbocycles. The Bertz CT molecular complexity index is 375. The second kappa shape index (κ2) is 4.43. The quantitative estimate of drug-likeness (QED) is 0.558. The van der Waals surface area contributed by atoms with Crippen molar-refractivity contribution in [1.29, 1.82) is 0 Å². The van der Waals surface area contributed by atoms with Gasteiger partial charge in [-0.1, -0.05) is 0 Å². The summed E-state index contributed by atoms with van der Waals surface area (Å²) < 4.78 is 40.1. The van der Waals surface area contributed by atoms with Crippen LogP contribution in [0.2, 0.25) is 0 Å². The molecular weight excluding hydrogens is 199 g/mol. The third-order valence-electron chi connectivity index (χ3n) is 1.30. The average Bonchev–Trinajstić information content (AvgIpc) is 2.09. The van der Waals surface area contributed by atoms with Gasteiger partial charge >= 0.3 is 6.61 Å². The van der Waals surface area contributed by atoms with E-state index < -0.39 is 12.4 Å². The van der Waals surface area contributed by atoms with Gasteiger partial charge in [-0.2, -0.15) is 13.8 Å². The molecule has 0 radical (unpaired) electrons. The van der Waals surface area contributed by atoms with Crippen molar-refractivity contribution < 1.29 is 22.7 Å². The van der Waals surface area contributed by atoms with E-state index in [9.17, 15) is 18.0 Å². The monoisotopic (exact) mass is 203 g/mol. The summed E-state index contributed by atoms with van der Waals surface area (Å²) in [6.07, 6.45) is 1.11. The number of halogens is 3. The van der Waals surface area contributed by atoms with Crippen LogP contribution in [0.25, 0.3) is 0 Å². The first-order valence-electron chi connectivity index (χ1n) is 3.45. The van der Waals surface area contributed by atoms with Gasteiger partial charge < -0.3 is 4.74 Å². The third-order valence-corrected chi connectivity index (χ3v) is 1.30. The van der Waals surface area contributed by atoms with Crippen LogP contribution in [0.1, 0.15) is 0 Å². The minimum atomic E-state index is -3.05. The Labute approximate surface area is 76.8 Å². The van der Waals surface area contributed by atoms with Crippen LogP contribution in [0.5, 0.6) is 5.75 Å². The highest BCUT2D eigenvalue weighted by atomic mass is 19.3. The van der Waals surface area contributed by atoms with Crippen molar-refractivity contribution in [2.45, 2.75) is 6.61 Å². The predicted molar refractivity (Wildman–Crippen MR) is 40.8 cm³/mol. The zero-order valence-electron chi connectivity index (χ0n) is 6.71. The van der Waals surface area contributed by atoms with Gasteiger partial charge in [-0.3, -0.25) is 0 Å². The Morgan fingerprint density at radius 3 is 2.71 bits per heavy atom. The number of benzene rings is 1. The molecule has 0 spiro atoms. The molecule has 14 heavy (non-hydrogen) atoms. The molecule has 0 heterocycles. The van der Waals surface area contributed by atoms with Crippen molar-refractivity contribution in [2.24, 2.45) is 4.99 Å². The molecule has 0 aliphatic rings. The molecule has 1 rings (SSSR count). The van der Waals surface area contributed by atoms with E-state index in [0.717, 1.165) is 24.3 Å². The summed E-state index contributed by atoms with van der Waals surface area (Å²) in [6.45, 7) is -3.05. The van der Waals surface area contributed by atoms with Crippen LogP contribution in [0.3, 0.4) is 0 Å². The second-order valence-electron chi connectivity index (χ2n) is 2.19. The second-order valence-corrected chi connectivity index (χ2v) is 2.19. The molecule has 6 heteroatoms. The summed E-state index contributed by atoms with van der Waals surface area (Å²) in [5.41, 5.74) is -0.319. The van der Waals surface area contributed by atoms with Crippen LogP contribution in [0.15, 0.2) is 23.2 Å². The number of isocyanates is 1. The van der Waals surface area contributed by atoms with E-state index in [1.54, 1.807) is 0 Å². The van der Waals surface area contributed by atoms with Crippen molar-refractivity contribution in [2.75, 3.05) is 0 Å². The lowest BCUT2D eigenvalue weighted by Crippen LogP contribution is -2.02. The van der Waals surface area contributed by atoms with E-state index in [4.69, 9.17) is 0 Å². The summed E-state index contributed by atoms with van der Waals surface area (Å²) in [5.74, 6) is -1.08. The molecule has 0 unspecified atom stereocenters. The minimum absolute atomic E-state index is 0.319. The standard InChI is InChI=1S/C8H4F3NO2/c9-5-1-2-7(14-8(10)11)6(3-5)12-4-13/h1-3,8H. The first-order valence-corrected chi connectivity index (χ1v) is 3.45. The Balaban J connectivity index is 3.07. The Hall–Kier alpha value is -1.81. The first kappa shape index (κ1) is 10.3. The lowest BCUT2D eigenvalue weighted by Gasteiger charge is -2.05. The topological polar surface area (TPSA) is 38.7 Å². The van der Waals surface area contributed by atoms with Gasteiger partial charge in [0.15, 0.2) is 5.75 Å². The smallest absolute Gasteiger partial charge is 0.387 e. The molecule has 0 bridgehead atoms. The van der Waals surface area contributed by atoms with Gasteiger partial charge in [0.25, 0.3) is 0 Å². The molecule has 0 atom stereocenters. The van der Waals surface area contributed by atoms with Gasteiger partial charge in [0.2, 0.25) is 6.08 Å². The van der Waals surface area contributed by atoms with Crippen LogP contribution < -0.4 is 4.74 Å². The van der Waals surface area contributed by atoms with Crippen molar-refractivity contribution >= 4 is 11.8 Å². The van der Waals surface area contributed by atoms with Crippen LogP contribution >= 0.6 is 0 Å². The van der Waals surface area contributed by atoms with Gasteiger partial charge in [0, 0.05) is 6.07 Å². The molecule has 0 aliphatic heterocycles. The summed E-state index contributed by atoms with van der Waals surface area (Å²) in [5, 5.41) is 0. The number of carbonyl (C=O) groups excluding carboxylic acids is 1. The van der Waals surface area contributed by atoms with Crippen molar-refractivity contribution in [3.8, 4) is 5.75 Å². The summed E-state index contributed by atoms with van der Waals surface area (Å²) in [6, 6.07) is 2.67. The van der Waals surface area contributed by atoms with Crippen LogP contribution in [0, 0.1) is 5.82 Å². The number of aliphatic imine (C=N–C) groups is 1. The van der Waals surface area contributed by atoms with Gasteiger partial charge in [-0.15, -0.1) is 0 Å². The zero-order chi connectivity index (χ0) is 10.6. The Morgan fingerprint density at radius 1 is 1.43 bits per heavy atom. The SMILES string of the molecule is O=C=Nc1cc(F)ccc1OC(F)F. The van der Waals surface area contributed by atoms with E-state index >= 15 is 0 Å². The van der Waals surface area contributed by atoms with Crippen molar-refractivity contribution in [1.82, 2.24) is 0 Å². The molecule has 1 aromatic rings. The third kappa shape index (κ3) is 2.60. The fourth-order valence-corrected chi connectivity index (χ4v) is 0.823. The molecular formula is C8H4F3NO2. The molecule has 0 aliphatic carbocycles. The van der Waals surface area contributed by atoms with Gasteiger partial charge in [0.1, 0.15) is 11.5 Å². The van der Waals surface area contributed by atoms with Crippen molar-refractivity contribution in [3.05, 3.63) is 24.0 Å². The fourth-order valence-electron chi connectivity index (χ4n) is 0.823. The maximum atomic E-state index is 12.6. The predicted octanol–water partition coefficient (Wildman–Crippen LogP) is 2.39.